The first-order valence-electron chi connectivity index (χ1n) is 8.67. The Morgan fingerprint density at radius 2 is 2.16 bits per heavy atom. The van der Waals surface area contributed by atoms with Crippen LogP contribution in [0.15, 0.2) is 48.9 Å². The summed E-state index contributed by atoms with van der Waals surface area (Å²) in [6, 6.07) is 10.3. The smallest absolute Gasteiger partial charge is 0.208 e. The normalized spacial score (nSPS) is 17.2. The van der Waals surface area contributed by atoms with Crippen LogP contribution < -0.4 is 5.32 Å². The summed E-state index contributed by atoms with van der Waals surface area (Å²) < 4.78 is 13.3. The van der Waals surface area contributed by atoms with Gasteiger partial charge in [0.05, 0.1) is 19.3 Å². The van der Waals surface area contributed by atoms with Crippen molar-refractivity contribution in [3.63, 3.8) is 0 Å². The number of anilines is 1. The van der Waals surface area contributed by atoms with Gasteiger partial charge < -0.3 is 14.8 Å². The van der Waals surface area contributed by atoms with Crippen molar-refractivity contribution in [1.82, 2.24) is 14.4 Å². The van der Waals surface area contributed by atoms with Crippen LogP contribution in [0.25, 0.3) is 5.65 Å². The van der Waals surface area contributed by atoms with E-state index in [0.717, 1.165) is 31.0 Å². The van der Waals surface area contributed by atoms with Crippen LogP contribution >= 0.6 is 0 Å². The van der Waals surface area contributed by atoms with Gasteiger partial charge in [-0.25, -0.2) is 9.97 Å². The molecule has 2 aromatic heterocycles. The lowest BCUT2D eigenvalue weighted by Gasteiger charge is -2.11. The van der Waals surface area contributed by atoms with E-state index < -0.39 is 0 Å². The van der Waals surface area contributed by atoms with Crippen LogP contribution in [-0.4, -0.2) is 33.7 Å². The summed E-state index contributed by atoms with van der Waals surface area (Å²) in [6.07, 6.45) is 7.96. The van der Waals surface area contributed by atoms with Gasteiger partial charge in [-0.3, -0.25) is 4.40 Å². The molecule has 0 amide bonds. The van der Waals surface area contributed by atoms with E-state index in [1.165, 1.54) is 11.1 Å². The minimum absolute atomic E-state index is 0.270. The molecule has 1 unspecified atom stereocenters. The predicted molar refractivity (Wildman–Crippen MR) is 95.4 cm³/mol. The highest BCUT2D eigenvalue weighted by Gasteiger charge is 2.15. The van der Waals surface area contributed by atoms with Crippen molar-refractivity contribution < 1.29 is 9.47 Å². The van der Waals surface area contributed by atoms with Gasteiger partial charge in [0.25, 0.3) is 0 Å². The van der Waals surface area contributed by atoms with Crippen LogP contribution in [0.5, 0.6) is 0 Å². The van der Waals surface area contributed by atoms with Gasteiger partial charge in [0.1, 0.15) is 5.65 Å². The number of fused-ring (bicyclic) bond motifs is 1. The Balaban J connectivity index is 1.34. The monoisotopic (exact) mass is 338 g/mol. The van der Waals surface area contributed by atoms with E-state index >= 15 is 0 Å². The van der Waals surface area contributed by atoms with Crippen LogP contribution in [0.2, 0.25) is 0 Å². The largest absolute Gasteiger partial charge is 0.376 e. The van der Waals surface area contributed by atoms with E-state index in [-0.39, 0.29) is 6.10 Å². The predicted octanol–water partition coefficient (Wildman–Crippen LogP) is 3.04. The van der Waals surface area contributed by atoms with Crippen molar-refractivity contribution in [1.29, 1.82) is 0 Å². The highest BCUT2D eigenvalue weighted by Crippen LogP contribution is 2.14. The highest BCUT2D eigenvalue weighted by atomic mass is 16.5. The van der Waals surface area contributed by atoms with E-state index in [2.05, 4.69) is 39.6 Å². The van der Waals surface area contributed by atoms with Crippen LogP contribution in [-0.2, 0) is 22.6 Å². The van der Waals surface area contributed by atoms with E-state index in [1.807, 2.05) is 16.7 Å². The van der Waals surface area contributed by atoms with Gasteiger partial charge in [0.15, 0.2) is 0 Å². The fourth-order valence-electron chi connectivity index (χ4n) is 3.08. The molecule has 6 heteroatoms. The number of aromatic nitrogens is 3. The zero-order valence-corrected chi connectivity index (χ0v) is 14.1. The molecule has 1 N–H and O–H groups in total. The number of benzene rings is 1. The molecule has 3 heterocycles. The molecule has 1 aliphatic rings. The molecule has 3 aromatic rings. The van der Waals surface area contributed by atoms with Gasteiger partial charge in [-0.2, -0.15) is 0 Å². The average molecular weight is 338 g/mol. The maximum absolute atomic E-state index is 5.80. The third kappa shape index (κ3) is 3.97. The quantitative estimate of drug-likeness (QED) is 0.717. The Labute approximate surface area is 146 Å². The number of nitrogens with zero attached hydrogens (tertiary/aromatic N) is 3. The van der Waals surface area contributed by atoms with Crippen LogP contribution in [0, 0.1) is 0 Å². The minimum atomic E-state index is 0.270. The molecular weight excluding hydrogens is 316 g/mol. The standard InChI is InChI=1S/C19H22N4O2/c1-3-15(11-16(4-1)13-24-14-17-5-2-10-25-17)12-22-19-21-7-6-18-20-8-9-23(18)19/h1,3-4,6-9,11,17H,2,5,10,12-14H2,(H,21,22). The van der Waals surface area contributed by atoms with Gasteiger partial charge in [-0.05, 0) is 30.0 Å². The number of rotatable bonds is 7. The third-order valence-electron chi connectivity index (χ3n) is 4.36. The number of hydrogen-bond acceptors (Lipinski definition) is 5. The number of hydrogen-bond donors (Lipinski definition) is 1. The van der Waals surface area contributed by atoms with Crippen LogP contribution in [0.1, 0.15) is 24.0 Å². The molecule has 1 fully saturated rings. The molecular formula is C19H22N4O2. The number of imidazole rings is 1. The second-order valence-corrected chi connectivity index (χ2v) is 6.25. The summed E-state index contributed by atoms with van der Waals surface area (Å²) in [6.45, 7) is 2.86. The summed E-state index contributed by atoms with van der Waals surface area (Å²) >= 11 is 0. The van der Waals surface area contributed by atoms with E-state index in [0.29, 0.717) is 19.8 Å². The molecule has 1 atom stereocenters. The lowest BCUT2D eigenvalue weighted by molar-refractivity contribution is 0.0106. The summed E-state index contributed by atoms with van der Waals surface area (Å²) in [5.74, 6) is 0.787. The van der Waals surface area contributed by atoms with Gasteiger partial charge in [-0.1, -0.05) is 24.3 Å². The lowest BCUT2D eigenvalue weighted by atomic mass is 10.1. The fourth-order valence-corrected chi connectivity index (χ4v) is 3.08. The van der Waals surface area contributed by atoms with Crippen LogP contribution in [0.3, 0.4) is 0 Å². The van der Waals surface area contributed by atoms with Crippen molar-refractivity contribution in [2.45, 2.75) is 32.1 Å². The first-order chi connectivity index (χ1) is 12.4. The van der Waals surface area contributed by atoms with Gasteiger partial charge >= 0.3 is 0 Å². The van der Waals surface area contributed by atoms with E-state index in [9.17, 15) is 0 Å². The Morgan fingerprint density at radius 1 is 1.20 bits per heavy atom. The number of ether oxygens (including phenoxy) is 2. The van der Waals surface area contributed by atoms with E-state index in [4.69, 9.17) is 9.47 Å². The third-order valence-corrected chi connectivity index (χ3v) is 4.36. The Kier molecular flexibility index (Phi) is 4.90. The second kappa shape index (κ2) is 7.63. The Hall–Kier alpha value is -2.44. The molecule has 0 radical (unpaired) electrons. The van der Waals surface area contributed by atoms with Crippen LogP contribution in [0.4, 0.5) is 5.95 Å². The van der Waals surface area contributed by atoms with Crippen molar-refractivity contribution in [3.8, 4) is 0 Å². The highest BCUT2D eigenvalue weighted by molar-refractivity contribution is 5.45. The number of nitrogens with one attached hydrogen (secondary N) is 1. The first-order valence-corrected chi connectivity index (χ1v) is 8.67. The van der Waals surface area contributed by atoms with Gasteiger partial charge in [0, 0.05) is 31.7 Å². The molecule has 6 nitrogen and oxygen atoms in total. The van der Waals surface area contributed by atoms with E-state index in [1.54, 1.807) is 12.4 Å². The second-order valence-electron chi connectivity index (χ2n) is 6.25. The van der Waals surface area contributed by atoms with Crippen molar-refractivity contribution in [2.24, 2.45) is 0 Å². The first kappa shape index (κ1) is 16.1. The fraction of sp³-hybridized carbons (Fsp3) is 0.368. The molecule has 0 spiro atoms. The van der Waals surface area contributed by atoms with Crippen molar-refractivity contribution >= 4 is 11.6 Å². The zero-order chi connectivity index (χ0) is 16.9. The van der Waals surface area contributed by atoms with Gasteiger partial charge in [0.2, 0.25) is 5.95 Å². The zero-order valence-electron chi connectivity index (χ0n) is 14.1. The molecule has 1 saturated heterocycles. The molecule has 1 aromatic carbocycles. The maximum Gasteiger partial charge on any atom is 0.208 e. The average Bonchev–Trinajstić information content (AvgIpc) is 3.32. The Bertz CT molecular complexity index is 827. The SMILES string of the molecule is c1cc(CNc2nccc3nccn23)cc(COCC2CCCO2)c1. The topological polar surface area (TPSA) is 60.7 Å². The minimum Gasteiger partial charge on any atom is -0.376 e. The summed E-state index contributed by atoms with van der Waals surface area (Å²) in [7, 11) is 0. The van der Waals surface area contributed by atoms with Crippen molar-refractivity contribution in [2.75, 3.05) is 18.5 Å². The summed E-state index contributed by atoms with van der Waals surface area (Å²) in [5.41, 5.74) is 3.25. The molecule has 25 heavy (non-hydrogen) atoms. The van der Waals surface area contributed by atoms with Gasteiger partial charge in [-0.15, -0.1) is 0 Å². The molecule has 0 saturated carbocycles. The maximum atomic E-state index is 5.80. The summed E-state index contributed by atoms with van der Waals surface area (Å²) in [5, 5.41) is 3.37. The molecule has 0 bridgehead atoms. The Morgan fingerprint density at radius 3 is 3.08 bits per heavy atom. The molecule has 130 valence electrons. The molecule has 0 aliphatic carbocycles. The van der Waals surface area contributed by atoms with Crippen molar-refractivity contribution in [3.05, 3.63) is 60.0 Å². The summed E-state index contributed by atoms with van der Waals surface area (Å²) in [4.78, 5) is 8.65. The lowest BCUT2D eigenvalue weighted by Crippen LogP contribution is -2.13. The molecule has 1 aliphatic heterocycles. The molecule has 4 rings (SSSR count).